The van der Waals surface area contributed by atoms with Crippen molar-refractivity contribution in [2.75, 3.05) is 5.32 Å². The molecule has 3 atom stereocenters. The van der Waals surface area contributed by atoms with Crippen LogP contribution in [0, 0.1) is 12.8 Å². The third-order valence-electron chi connectivity index (χ3n) is 8.57. The van der Waals surface area contributed by atoms with Crippen molar-refractivity contribution in [3.63, 3.8) is 0 Å². The minimum absolute atomic E-state index is 0.0739. The first-order chi connectivity index (χ1) is 17.4. The lowest BCUT2D eigenvalue weighted by Crippen LogP contribution is -2.40. The minimum atomic E-state index is -0.528. The van der Waals surface area contributed by atoms with E-state index in [1.165, 1.54) is 24.2 Å². The van der Waals surface area contributed by atoms with Crippen molar-refractivity contribution in [3.05, 3.63) is 28.5 Å². The van der Waals surface area contributed by atoms with E-state index in [2.05, 4.69) is 27.5 Å². The van der Waals surface area contributed by atoms with E-state index < -0.39 is 6.10 Å². The maximum atomic E-state index is 13.8. The van der Waals surface area contributed by atoms with Crippen LogP contribution in [0.1, 0.15) is 90.6 Å². The van der Waals surface area contributed by atoms with E-state index in [1.54, 1.807) is 0 Å². The lowest BCUT2D eigenvalue weighted by molar-refractivity contribution is 0.0725. The number of hydrogen-bond donors (Lipinski definition) is 3. The molecule has 2 amide bonds. The van der Waals surface area contributed by atoms with Gasteiger partial charge in [-0.1, -0.05) is 0 Å². The zero-order chi connectivity index (χ0) is 25.0. The van der Waals surface area contributed by atoms with Gasteiger partial charge in [-0.25, -0.2) is 9.97 Å². The van der Waals surface area contributed by atoms with Crippen LogP contribution in [0.3, 0.4) is 0 Å². The van der Waals surface area contributed by atoms with Gasteiger partial charge in [-0.2, -0.15) is 0 Å². The third kappa shape index (κ3) is 4.41. The second-order valence-electron chi connectivity index (χ2n) is 11.1. The highest BCUT2D eigenvalue weighted by Gasteiger charge is 2.44. The molecule has 0 aromatic carbocycles. The Kier molecular flexibility index (Phi) is 6.24. The van der Waals surface area contributed by atoms with Gasteiger partial charge in [-0.05, 0) is 89.2 Å². The van der Waals surface area contributed by atoms with Gasteiger partial charge in [0.15, 0.2) is 5.01 Å². The first kappa shape index (κ1) is 23.9. The largest absolute Gasteiger partial charge is 0.391 e. The van der Waals surface area contributed by atoms with Gasteiger partial charge in [-0.3, -0.25) is 9.59 Å². The molecule has 4 aliphatic rings. The number of nitrogens with zero attached hydrogens (tertiary/aromatic N) is 3. The Bertz CT molecular complexity index is 1160. The molecule has 0 unspecified atom stereocenters. The Labute approximate surface area is 215 Å². The zero-order valence-corrected chi connectivity index (χ0v) is 21.8. The maximum Gasteiger partial charge on any atom is 0.280 e. The third-order valence-corrected chi connectivity index (χ3v) is 9.65. The monoisotopic (exact) mass is 509 g/mol. The quantitative estimate of drug-likeness (QED) is 0.518. The number of aliphatic hydroxyl groups is 1. The maximum absolute atomic E-state index is 13.8. The summed E-state index contributed by atoms with van der Waals surface area (Å²) < 4.78 is 0. The number of aryl methyl sites for hydroxylation is 1. The number of hydrogen-bond acceptors (Lipinski definition) is 7. The van der Waals surface area contributed by atoms with E-state index in [0.717, 1.165) is 55.5 Å². The Morgan fingerprint density at radius 3 is 2.44 bits per heavy atom. The van der Waals surface area contributed by atoms with Crippen LogP contribution in [0.5, 0.6) is 0 Å². The molecule has 2 aliphatic heterocycles. The summed E-state index contributed by atoms with van der Waals surface area (Å²) in [5, 5.41) is 16.9. The molecular weight excluding hydrogens is 474 g/mol. The molecule has 2 aliphatic carbocycles. The summed E-state index contributed by atoms with van der Waals surface area (Å²) in [6.07, 6.45) is 10.3. The first-order valence-electron chi connectivity index (χ1n) is 13.4. The molecule has 4 heterocycles. The average Bonchev–Trinajstić information content (AvgIpc) is 3.16. The van der Waals surface area contributed by atoms with E-state index in [0.29, 0.717) is 29.0 Å². The van der Waals surface area contributed by atoms with Crippen molar-refractivity contribution >= 4 is 29.0 Å². The molecular formula is C27H35N5O3S. The summed E-state index contributed by atoms with van der Waals surface area (Å²) in [4.78, 5) is 38.9. The number of aliphatic hydroxyl groups excluding tert-OH is 1. The molecule has 0 radical (unpaired) electrons. The van der Waals surface area contributed by atoms with Crippen LogP contribution in [0.4, 0.5) is 5.82 Å². The lowest BCUT2D eigenvalue weighted by Gasteiger charge is -2.21. The number of thiazole rings is 1. The number of amides is 2. The Morgan fingerprint density at radius 2 is 1.83 bits per heavy atom. The summed E-state index contributed by atoms with van der Waals surface area (Å²) in [5.41, 5.74) is 2.19. The molecule has 0 spiro atoms. The van der Waals surface area contributed by atoms with Gasteiger partial charge in [0, 0.05) is 29.9 Å². The van der Waals surface area contributed by atoms with Gasteiger partial charge in [0.05, 0.1) is 17.0 Å². The summed E-state index contributed by atoms with van der Waals surface area (Å²) in [5.74, 6) is 1.15. The first-order valence-corrected chi connectivity index (χ1v) is 14.3. The average molecular weight is 510 g/mol. The van der Waals surface area contributed by atoms with Crippen LogP contribution >= 0.6 is 11.3 Å². The van der Waals surface area contributed by atoms with Gasteiger partial charge in [0.1, 0.15) is 11.5 Å². The molecule has 2 aromatic heterocycles. The van der Waals surface area contributed by atoms with Crippen molar-refractivity contribution in [2.45, 2.75) is 102 Å². The Hall–Kier alpha value is -2.52. The molecule has 8 nitrogen and oxygen atoms in total. The van der Waals surface area contributed by atoms with Gasteiger partial charge in [-0.15, -0.1) is 11.3 Å². The van der Waals surface area contributed by atoms with E-state index in [4.69, 9.17) is 0 Å². The molecule has 6 rings (SSSR count). The van der Waals surface area contributed by atoms with Crippen LogP contribution in [-0.4, -0.2) is 62.1 Å². The number of carbonyl (C=O) groups excluding carboxylic acids is 2. The zero-order valence-electron chi connectivity index (χ0n) is 21.0. The van der Waals surface area contributed by atoms with E-state index in [9.17, 15) is 14.7 Å². The van der Waals surface area contributed by atoms with Gasteiger partial charge in [0.2, 0.25) is 0 Å². The van der Waals surface area contributed by atoms with Gasteiger partial charge in [0.25, 0.3) is 11.8 Å². The topological polar surface area (TPSA) is 107 Å². The Morgan fingerprint density at radius 1 is 1.11 bits per heavy atom. The van der Waals surface area contributed by atoms with E-state index in [1.807, 2.05) is 24.1 Å². The highest BCUT2D eigenvalue weighted by molar-refractivity contribution is 7.17. The molecule has 2 saturated carbocycles. The minimum Gasteiger partial charge on any atom is -0.391 e. The second kappa shape index (κ2) is 9.41. The van der Waals surface area contributed by atoms with Crippen molar-refractivity contribution in [3.8, 4) is 10.4 Å². The smallest absolute Gasteiger partial charge is 0.280 e. The van der Waals surface area contributed by atoms with Crippen LogP contribution in [0.25, 0.3) is 10.4 Å². The van der Waals surface area contributed by atoms with E-state index >= 15 is 0 Å². The van der Waals surface area contributed by atoms with Gasteiger partial charge >= 0.3 is 0 Å². The summed E-state index contributed by atoms with van der Waals surface area (Å²) in [6, 6.07) is 2.70. The van der Waals surface area contributed by atoms with Crippen LogP contribution in [0.15, 0.2) is 12.3 Å². The number of rotatable bonds is 7. The number of fused-ring (bicyclic) bond motifs is 2. The fourth-order valence-corrected chi connectivity index (χ4v) is 7.31. The van der Waals surface area contributed by atoms with Crippen molar-refractivity contribution < 1.29 is 14.7 Å². The predicted octanol–water partition coefficient (Wildman–Crippen LogP) is 4.13. The second-order valence-corrected chi connectivity index (χ2v) is 12.1. The fraction of sp³-hybridized carbons (Fsp3) is 0.630. The molecule has 4 fully saturated rings. The van der Waals surface area contributed by atoms with Crippen molar-refractivity contribution in [2.24, 2.45) is 5.92 Å². The Balaban J connectivity index is 1.32. The summed E-state index contributed by atoms with van der Waals surface area (Å²) >= 11 is 1.25. The predicted molar refractivity (Wildman–Crippen MR) is 139 cm³/mol. The van der Waals surface area contributed by atoms with Crippen LogP contribution in [0.2, 0.25) is 0 Å². The molecule has 36 heavy (non-hydrogen) atoms. The number of aromatic nitrogens is 2. The highest BCUT2D eigenvalue weighted by Crippen LogP contribution is 2.41. The van der Waals surface area contributed by atoms with E-state index in [-0.39, 0.29) is 34.9 Å². The molecule has 2 saturated heterocycles. The number of nitrogens with one attached hydrogen (secondary N) is 2. The molecule has 2 aromatic rings. The van der Waals surface area contributed by atoms with Gasteiger partial charge < -0.3 is 20.6 Å². The number of anilines is 1. The van der Waals surface area contributed by atoms with Crippen molar-refractivity contribution in [1.82, 2.24) is 20.2 Å². The van der Waals surface area contributed by atoms with Crippen LogP contribution < -0.4 is 10.6 Å². The highest BCUT2D eigenvalue weighted by atomic mass is 32.1. The fourth-order valence-electron chi connectivity index (χ4n) is 6.27. The standard InChI is InChI=1S/C27H35N5O3S/c1-14-12-22(29-15(2)16-6-7-16)28-13-19(14)24-23(27(35)32-17-8-9-18(32)11-10-17)31-26(36-24)25(34)30-20-4-3-5-21(20)33/h12-13,15-18,20-21,33H,3-11H2,1-2H3,(H,28,29)(H,30,34)/t15-,17?,18?,20+,21+/m1/s1. The summed E-state index contributed by atoms with van der Waals surface area (Å²) in [7, 11) is 0. The molecule has 3 N–H and O–H groups in total. The lowest BCUT2D eigenvalue weighted by atomic mass is 10.0. The SMILES string of the molecule is Cc1cc(N[C@H](C)C2CC2)ncc1-c1sc(C(=O)N[C@H]2CCC[C@@H]2O)nc1C(=O)N1C2CCC1CC2. The summed E-state index contributed by atoms with van der Waals surface area (Å²) in [6.45, 7) is 4.21. The van der Waals surface area contributed by atoms with Crippen molar-refractivity contribution in [1.29, 1.82) is 0 Å². The number of pyridine rings is 1. The molecule has 9 heteroatoms. The molecule has 192 valence electrons. The normalized spacial score (nSPS) is 27.9. The van der Waals surface area contributed by atoms with Crippen LogP contribution in [-0.2, 0) is 0 Å². The molecule has 2 bridgehead atoms. The number of carbonyl (C=O) groups is 2.